The van der Waals surface area contributed by atoms with E-state index >= 15 is 0 Å². The van der Waals surface area contributed by atoms with Crippen molar-refractivity contribution in [3.05, 3.63) is 40.9 Å². The first kappa shape index (κ1) is 11.0. The molecule has 0 bridgehead atoms. The van der Waals surface area contributed by atoms with Crippen molar-refractivity contribution >= 4 is 22.2 Å². The molecule has 0 heterocycles. The lowest BCUT2D eigenvalue weighted by Crippen LogP contribution is -1.94. The molecule has 2 nitrogen and oxygen atoms in total. The normalized spacial score (nSPS) is 9.50. The minimum absolute atomic E-state index is 0.431. The van der Waals surface area contributed by atoms with Crippen LogP contribution in [0.3, 0.4) is 0 Å². The number of benzene rings is 1. The van der Waals surface area contributed by atoms with Crippen molar-refractivity contribution in [1.82, 2.24) is 0 Å². The molecule has 0 N–H and O–H groups in total. The highest BCUT2D eigenvalue weighted by molar-refractivity contribution is 9.10. The zero-order valence-electron chi connectivity index (χ0n) is 7.70. The second-order valence-corrected chi connectivity index (χ2v) is 3.59. The molecule has 0 saturated heterocycles. The molecule has 1 rings (SSSR count). The molecule has 0 aliphatic heterocycles. The summed E-state index contributed by atoms with van der Waals surface area (Å²) in [5, 5.41) is 0. The van der Waals surface area contributed by atoms with Crippen molar-refractivity contribution in [3.63, 3.8) is 0 Å². The summed E-state index contributed by atoms with van der Waals surface area (Å²) in [7, 11) is 0. The summed E-state index contributed by atoms with van der Waals surface area (Å²) in [4.78, 5) is 10.3. The van der Waals surface area contributed by atoms with Crippen LogP contribution >= 0.6 is 15.9 Å². The van der Waals surface area contributed by atoms with Crippen LogP contribution in [0.4, 0.5) is 0 Å². The molecule has 14 heavy (non-hydrogen) atoms. The van der Waals surface area contributed by atoms with Crippen LogP contribution in [0.5, 0.6) is 5.75 Å². The zero-order valence-corrected chi connectivity index (χ0v) is 9.29. The van der Waals surface area contributed by atoms with Gasteiger partial charge in [-0.25, -0.2) is 0 Å². The molecule has 0 aliphatic carbocycles. The first-order valence-corrected chi connectivity index (χ1v) is 5.03. The quantitative estimate of drug-likeness (QED) is 0.597. The second kappa shape index (κ2) is 5.60. The number of aldehydes is 1. The molecule has 0 saturated carbocycles. The minimum Gasteiger partial charge on any atom is -0.488 e. The molecular weight excluding hydrogens is 244 g/mol. The Morgan fingerprint density at radius 1 is 1.50 bits per heavy atom. The van der Waals surface area contributed by atoms with Crippen LogP contribution in [0.2, 0.25) is 0 Å². The summed E-state index contributed by atoms with van der Waals surface area (Å²) in [6.07, 6.45) is 3.00. The van der Waals surface area contributed by atoms with Gasteiger partial charge in [-0.05, 0) is 33.6 Å². The third-order valence-corrected chi connectivity index (χ3v) is 2.29. The third kappa shape index (κ3) is 3.00. The fraction of sp³-hybridized carbons (Fsp3) is 0.182. The maximum absolute atomic E-state index is 10.3. The number of halogens is 1. The van der Waals surface area contributed by atoms with E-state index in [0.29, 0.717) is 13.0 Å². The van der Waals surface area contributed by atoms with Crippen molar-refractivity contribution < 1.29 is 9.53 Å². The molecular formula is C11H11BrO2. The zero-order chi connectivity index (χ0) is 10.4. The van der Waals surface area contributed by atoms with E-state index in [1.54, 1.807) is 6.08 Å². The van der Waals surface area contributed by atoms with Gasteiger partial charge >= 0.3 is 0 Å². The van der Waals surface area contributed by atoms with Crippen LogP contribution in [0.1, 0.15) is 5.56 Å². The number of carbonyl (C=O) groups excluding carboxylic acids is 1. The lowest BCUT2D eigenvalue weighted by Gasteiger charge is -2.06. The second-order valence-electron chi connectivity index (χ2n) is 2.74. The van der Waals surface area contributed by atoms with Crippen molar-refractivity contribution in [3.8, 4) is 5.75 Å². The molecule has 0 aliphatic rings. The van der Waals surface area contributed by atoms with E-state index in [0.717, 1.165) is 22.1 Å². The average molecular weight is 255 g/mol. The van der Waals surface area contributed by atoms with Crippen LogP contribution in [0, 0.1) is 0 Å². The first-order valence-electron chi connectivity index (χ1n) is 4.23. The summed E-state index contributed by atoms with van der Waals surface area (Å²) >= 11 is 3.37. The maximum atomic E-state index is 10.3. The van der Waals surface area contributed by atoms with Crippen molar-refractivity contribution in [2.24, 2.45) is 0 Å². The van der Waals surface area contributed by atoms with Gasteiger partial charge in [-0.2, -0.15) is 0 Å². The highest BCUT2D eigenvalue weighted by atomic mass is 79.9. The van der Waals surface area contributed by atoms with Crippen molar-refractivity contribution in [2.45, 2.75) is 6.42 Å². The van der Waals surface area contributed by atoms with Gasteiger partial charge < -0.3 is 9.53 Å². The molecule has 1 aromatic rings. The van der Waals surface area contributed by atoms with Gasteiger partial charge in [0.25, 0.3) is 0 Å². The molecule has 74 valence electrons. The summed E-state index contributed by atoms with van der Waals surface area (Å²) in [5.74, 6) is 0.763. The predicted molar refractivity (Wildman–Crippen MR) is 59.6 cm³/mol. The van der Waals surface area contributed by atoms with Crippen LogP contribution in [-0.4, -0.2) is 12.9 Å². The molecule has 0 amide bonds. The number of ether oxygens (including phenoxy) is 1. The Bertz CT molecular complexity index is 334. The van der Waals surface area contributed by atoms with E-state index < -0.39 is 0 Å². The van der Waals surface area contributed by atoms with Gasteiger partial charge in [0.2, 0.25) is 0 Å². The fourth-order valence-corrected chi connectivity index (χ4v) is 1.57. The molecule has 0 unspecified atom stereocenters. The standard InChI is InChI=1S/C11H11BrO2/c1-2-7-14-11-4-3-9(5-6-13)8-10(11)12/h2-4,6,8H,1,5,7H2. The van der Waals surface area contributed by atoms with Crippen molar-refractivity contribution in [2.75, 3.05) is 6.61 Å². The number of hydrogen-bond donors (Lipinski definition) is 0. The summed E-state index contributed by atoms with van der Waals surface area (Å²) < 4.78 is 6.23. The SMILES string of the molecule is C=CCOc1ccc(CC=O)cc1Br. The first-order chi connectivity index (χ1) is 6.77. The predicted octanol–water partition coefficient (Wildman–Crippen LogP) is 2.76. The maximum Gasteiger partial charge on any atom is 0.133 e. The summed E-state index contributed by atoms with van der Waals surface area (Å²) in [6.45, 7) is 4.04. The number of rotatable bonds is 5. The Morgan fingerprint density at radius 2 is 2.29 bits per heavy atom. The van der Waals surface area contributed by atoms with Gasteiger partial charge in [0.1, 0.15) is 18.6 Å². The Balaban J connectivity index is 2.78. The van der Waals surface area contributed by atoms with E-state index in [2.05, 4.69) is 22.5 Å². The van der Waals surface area contributed by atoms with E-state index in [4.69, 9.17) is 4.74 Å². The van der Waals surface area contributed by atoms with Gasteiger partial charge in [0, 0.05) is 6.42 Å². The van der Waals surface area contributed by atoms with Gasteiger partial charge in [0.05, 0.1) is 4.47 Å². The fourth-order valence-electron chi connectivity index (χ4n) is 1.03. The van der Waals surface area contributed by atoms with Gasteiger partial charge in [-0.15, -0.1) is 0 Å². The third-order valence-electron chi connectivity index (χ3n) is 1.67. The van der Waals surface area contributed by atoms with Gasteiger partial charge in [-0.1, -0.05) is 18.7 Å². The Kier molecular flexibility index (Phi) is 4.40. The Morgan fingerprint density at radius 3 is 2.86 bits per heavy atom. The van der Waals surface area contributed by atoms with Gasteiger partial charge in [0.15, 0.2) is 0 Å². The van der Waals surface area contributed by atoms with Crippen LogP contribution < -0.4 is 4.74 Å². The number of carbonyl (C=O) groups is 1. The molecule has 0 atom stereocenters. The van der Waals surface area contributed by atoms with Gasteiger partial charge in [-0.3, -0.25) is 0 Å². The average Bonchev–Trinajstić information content (AvgIpc) is 2.17. The smallest absolute Gasteiger partial charge is 0.133 e. The van der Waals surface area contributed by atoms with Crippen molar-refractivity contribution in [1.29, 1.82) is 0 Å². The molecule has 0 aromatic heterocycles. The van der Waals surface area contributed by atoms with Crippen LogP contribution in [-0.2, 0) is 11.2 Å². The van der Waals surface area contributed by atoms with Crippen LogP contribution in [0.15, 0.2) is 35.3 Å². The highest BCUT2D eigenvalue weighted by Crippen LogP contribution is 2.25. The lowest BCUT2D eigenvalue weighted by atomic mass is 10.2. The molecule has 0 radical (unpaired) electrons. The molecule has 0 spiro atoms. The topological polar surface area (TPSA) is 26.3 Å². The largest absolute Gasteiger partial charge is 0.488 e. The monoisotopic (exact) mass is 254 g/mol. The van der Waals surface area contributed by atoms with E-state index in [-0.39, 0.29) is 0 Å². The van der Waals surface area contributed by atoms with E-state index in [1.165, 1.54) is 0 Å². The minimum atomic E-state index is 0.431. The van der Waals surface area contributed by atoms with E-state index in [9.17, 15) is 4.79 Å². The van der Waals surface area contributed by atoms with E-state index in [1.807, 2.05) is 18.2 Å². The Hall–Kier alpha value is -1.09. The molecule has 3 heteroatoms. The summed E-state index contributed by atoms with van der Waals surface area (Å²) in [6, 6.07) is 5.59. The Labute approximate surface area is 91.7 Å². The highest BCUT2D eigenvalue weighted by Gasteiger charge is 2.01. The summed E-state index contributed by atoms with van der Waals surface area (Å²) in [5.41, 5.74) is 0.970. The lowest BCUT2D eigenvalue weighted by molar-refractivity contribution is -0.107. The van der Waals surface area contributed by atoms with Crippen LogP contribution in [0.25, 0.3) is 0 Å². The molecule has 1 aromatic carbocycles. The number of hydrogen-bond acceptors (Lipinski definition) is 2. The molecule has 0 fully saturated rings.